The molecule has 3 heterocycles. The van der Waals surface area contributed by atoms with Crippen LogP contribution in [0.4, 0.5) is 0 Å². The molecule has 0 bridgehead atoms. The molecular weight excluding hydrogens is 352 g/mol. The number of imidazole rings is 1. The third-order valence-corrected chi connectivity index (χ3v) is 6.09. The van der Waals surface area contributed by atoms with Gasteiger partial charge in [0.2, 0.25) is 0 Å². The summed E-state index contributed by atoms with van der Waals surface area (Å²) >= 11 is 0. The Morgan fingerprint density at radius 3 is 2.50 bits per heavy atom. The second-order valence-electron chi connectivity index (χ2n) is 8.59. The van der Waals surface area contributed by atoms with E-state index in [4.69, 9.17) is 0 Å². The summed E-state index contributed by atoms with van der Waals surface area (Å²) in [5, 5.41) is 20.7. The summed E-state index contributed by atoms with van der Waals surface area (Å²) in [7, 11) is 0. The average Bonchev–Trinajstić information content (AvgIpc) is 2.97. The zero-order valence-electron chi connectivity index (χ0n) is 16.6. The SMILES string of the molecule is Cc1cc(=O)n2c3ccccc3n(C[C@H](O)N3CCC(C)(C)CC3)c2c1C#N. The number of aromatic nitrogens is 2. The highest BCUT2D eigenvalue weighted by atomic mass is 16.3. The lowest BCUT2D eigenvalue weighted by Crippen LogP contribution is -2.45. The van der Waals surface area contributed by atoms with Crippen LogP contribution in [0.3, 0.4) is 0 Å². The maximum atomic E-state index is 12.7. The van der Waals surface area contributed by atoms with Crippen molar-refractivity contribution in [3.05, 3.63) is 51.8 Å². The van der Waals surface area contributed by atoms with Crippen LogP contribution in [-0.2, 0) is 6.54 Å². The number of fused-ring (bicyclic) bond motifs is 3. The molecule has 4 rings (SSSR count). The molecule has 1 atom stereocenters. The van der Waals surface area contributed by atoms with Gasteiger partial charge in [-0.2, -0.15) is 5.26 Å². The number of likely N-dealkylation sites (tertiary alicyclic amines) is 1. The van der Waals surface area contributed by atoms with E-state index in [1.165, 1.54) is 6.07 Å². The van der Waals surface area contributed by atoms with Gasteiger partial charge in [0.1, 0.15) is 17.9 Å². The Balaban J connectivity index is 1.84. The zero-order chi connectivity index (χ0) is 20.1. The van der Waals surface area contributed by atoms with Crippen molar-refractivity contribution in [3.63, 3.8) is 0 Å². The van der Waals surface area contributed by atoms with Crippen LogP contribution < -0.4 is 5.56 Å². The summed E-state index contributed by atoms with van der Waals surface area (Å²) in [4.78, 5) is 14.8. The van der Waals surface area contributed by atoms with E-state index in [1.54, 1.807) is 11.3 Å². The summed E-state index contributed by atoms with van der Waals surface area (Å²) in [5.74, 6) is 0. The largest absolute Gasteiger partial charge is 0.376 e. The number of pyridine rings is 1. The molecule has 0 amide bonds. The molecule has 1 aromatic carbocycles. The van der Waals surface area contributed by atoms with E-state index < -0.39 is 6.23 Å². The molecular formula is C22H26N4O2. The quantitative estimate of drug-likeness (QED) is 0.761. The van der Waals surface area contributed by atoms with Gasteiger partial charge in [0.25, 0.3) is 5.56 Å². The predicted octanol–water partition coefficient (Wildman–Crippen LogP) is 2.87. The highest BCUT2D eigenvalue weighted by Crippen LogP contribution is 2.31. The summed E-state index contributed by atoms with van der Waals surface area (Å²) in [6.07, 6.45) is 1.41. The predicted molar refractivity (Wildman–Crippen MR) is 109 cm³/mol. The molecule has 1 saturated heterocycles. The van der Waals surface area contributed by atoms with Crippen LogP contribution in [0.1, 0.15) is 37.8 Å². The summed E-state index contributed by atoms with van der Waals surface area (Å²) < 4.78 is 3.51. The monoisotopic (exact) mass is 378 g/mol. The minimum Gasteiger partial charge on any atom is -0.376 e. The van der Waals surface area contributed by atoms with Crippen molar-refractivity contribution in [1.29, 1.82) is 5.26 Å². The number of aliphatic hydroxyl groups excluding tert-OH is 1. The minimum absolute atomic E-state index is 0.157. The molecule has 6 nitrogen and oxygen atoms in total. The Morgan fingerprint density at radius 2 is 1.86 bits per heavy atom. The number of nitrogens with zero attached hydrogens (tertiary/aromatic N) is 4. The molecule has 0 aliphatic carbocycles. The maximum Gasteiger partial charge on any atom is 0.257 e. The van der Waals surface area contributed by atoms with Gasteiger partial charge in [0.05, 0.1) is 23.1 Å². The van der Waals surface area contributed by atoms with Crippen molar-refractivity contribution >= 4 is 16.7 Å². The number of benzene rings is 1. The molecule has 0 spiro atoms. The highest BCUT2D eigenvalue weighted by molar-refractivity contribution is 5.84. The Hall–Kier alpha value is -2.62. The number of aliphatic hydroxyl groups is 1. The van der Waals surface area contributed by atoms with Gasteiger partial charge in [0.15, 0.2) is 0 Å². The van der Waals surface area contributed by atoms with Gasteiger partial charge in [0, 0.05) is 19.2 Å². The van der Waals surface area contributed by atoms with E-state index in [0.29, 0.717) is 28.7 Å². The molecule has 6 heteroatoms. The van der Waals surface area contributed by atoms with Crippen molar-refractivity contribution < 1.29 is 5.11 Å². The number of rotatable bonds is 3. The van der Waals surface area contributed by atoms with Crippen LogP contribution in [0.2, 0.25) is 0 Å². The second-order valence-corrected chi connectivity index (χ2v) is 8.59. The molecule has 0 radical (unpaired) electrons. The van der Waals surface area contributed by atoms with Crippen LogP contribution in [0, 0.1) is 23.7 Å². The normalized spacial score (nSPS) is 18.4. The number of hydrogen-bond acceptors (Lipinski definition) is 4. The van der Waals surface area contributed by atoms with Gasteiger partial charge in [-0.25, -0.2) is 0 Å². The van der Waals surface area contributed by atoms with Gasteiger partial charge in [-0.1, -0.05) is 26.0 Å². The standard InChI is InChI=1S/C22H26N4O2/c1-15-12-19(27)26-18-7-5-4-6-17(18)25(21(26)16(15)13-23)14-20(28)24-10-8-22(2,3)9-11-24/h4-7,12,20,28H,8-11,14H2,1-3H3/t20-/m0/s1. The fraction of sp³-hybridized carbons (Fsp3) is 0.455. The first kappa shape index (κ1) is 18.7. The third kappa shape index (κ3) is 3.01. The average molecular weight is 378 g/mol. The van der Waals surface area contributed by atoms with E-state index in [1.807, 2.05) is 28.8 Å². The number of aryl methyl sites for hydroxylation is 1. The number of para-hydroxylation sites is 2. The lowest BCUT2D eigenvalue weighted by atomic mass is 9.82. The van der Waals surface area contributed by atoms with Gasteiger partial charge in [-0.15, -0.1) is 0 Å². The minimum atomic E-state index is -0.669. The van der Waals surface area contributed by atoms with Crippen LogP contribution >= 0.6 is 0 Å². The lowest BCUT2D eigenvalue weighted by Gasteiger charge is -2.39. The second kappa shape index (κ2) is 6.77. The van der Waals surface area contributed by atoms with Crippen molar-refractivity contribution in [1.82, 2.24) is 13.9 Å². The van der Waals surface area contributed by atoms with Gasteiger partial charge < -0.3 is 9.67 Å². The first-order valence-corrected chi connectivity index (χ1v) is 9.78. The molecule has 3 aromatic rings. The highest BCUT2D eigenvalue weighted by Gasteiger charge is 2.29. The van der Waals surface area contributed by atoms with Crippen molar-refractivity contribution in [3.8, 4) is 6.07 Å². The maximum absolute atomic E-state index is 12.7. The summed E-state index contributed by atoms with van der Waals surface area (Å²) in [6.45, 7) is 8.31. The Kier molecular flexibility index (Phi) is 4.53. The Labute approximate surface area is 164 Å². The van der Waals surface area contributed by atoms with E-state index in [9.17, 15) is 15.2 Å². The van der Waals surface area contributed by atoms with Crippen LogP contribution in [-0.4, -0.2) is 38.3 Å². The topological polar surface area (TPSA) is 73.7 Å². The smallest absolute Gasteiger partial charge is 0.257 e. The molecule has 1 N–H and O–H groups in total. The Bertz CT molecular complexity index is 1140. The fourth-order valence-corrected chi connectivity index (χ4v) is 4.23. The Morgan fingerprint density at radius 1 is 1.21 bits per heavy atom. The number of hydrogen-bond donors (Lipinski definition) is 1. The van der Waals surface area contributed by atoms with Gasteiger partial charge in [-0.05, 0) is 42.9 Å². The van der Waals surface area contributed by atoms with Crippen LogP contribution in [0.15, 0.2) is 35.1 Å². The van der Waals surface area contributed by atoms with Gasteiger partial charge in [-0.3, -0.25) is 14.1 Å². The molecule has 0 saturated carbocycles. The van der Waals surface area contributed by atoms with E-state index in [0.717, 1.165) is 37.0 Å². The molecule has 1 aliphatic rings. The number of piperidine rings is 1. The lowest BCUT2D eigenvalue weighted by molar-refractivity contribution is -0.0366. The zero-order valence-corrected chi connectivity index (χ0v) is 16.6. The van der Waals surface area contributed by atoms with Crippen molar-refractivity contribution in [2.24, 2.45) is 5.41 Å². The van der Waals surface area contributed by atoms with Crippen molar-refractivity contribution in [2.75, 3.05) is 13.1 Å². The van der Waals surface area contributed by atoms with E-state index >= 15 is 0 Å². The fourth-order valence-electron chi connectivity index (χ4n) is 4.23. The van der Waals surface area contributed by atoms with E-state index in [2.05, 4.69) is 24.8 Å². The molecule has 28 heavy (non-hydrogen) atoms. The molecule has 1 fully saturated rings. The third-order valence-electron chi connectivity index (χ3n) is 6.09. The van der Waals surface area contributed by atoms with E-state index in [-0.39, 0.29) is 5.56 Å². The first-order chi connectivity index (χ1) is 13.3. The van der Waals surface area contributed by atoms with Gasteiger partial charge >= 0.3 is 0 Å². The number of nitriles is 1. The van der Waals surface area contributed by atoms with Crippen LogP contribution in [0.25, 0.3) is 16.7 Å². The molecule has 1 aliphatic heterocycles. The van der Waals surface area contributed by atoms with Crippen molar-refractivity contribution in [2.45, 2.75) is 46.4 Å². The molecule has 2 aromatic heterocycles. The molecule has 0 unspecified atom stereocenters. The summed E-state index contributed by atoms with van der Waals surface area (Å²) in [5.41, 5.74) is 3.44. The molecule has 146 valence electrons. The first-order valence-electron chi connectivity index (χ1n) is 9.78. The van der Waals surface area contributed by atoms with Crippen LogP contribution in [0.5, 0.6) is 0 Å². The summed E-state index contributed by atoms with van der Waals surface area (Å²) in [6, 6.07) is 11.4.